The molecule has 0 saturated carbocycles. The topological polar surface area (TPSA) is 68.0 Å². The van der Waals surface area contributed by atoms with Crippen LogP contribution in [-0.2, 0) is 0 Å². The van der Waals surface area contributed by atoms with Crippen LogP contribution in [0.5, 0.6) is 0 Å². The van der Waals surface area contributed by atoms with Crippen molar-refractivity contribution in [2.24, 2.45) is 0 Å². The van der Waals surface area contributed by atoms with Crippen LogP contribution in [0.25, 0.3) is 16.7 Å². The second kappa shape index (κ2) is 4.92. The second-order valence-corrected chi connectivity index (χ2v) is 5.42. The molecule has 7 heteroatoms. The quantitative estimate of drug-likeness (QED) is 0.770. The number of hydrogen-bond acceptors (Lipinski definition) is 3. The molecule has 1 N–H and O–H groups in total. The molecule has 0 unspecified atom stereocenters. The molecule has 3 aromatic rings. The lowest BCUT2D eigenvalue weighted by atomic mass is 10.1. The average Bonchev–Trinajstić information content (AvgIpc) is 2.85. The SMILES string of the molecule is Cc1cc(Br)c(F)cc1-n1nnc2ccc(C(=O)O)cc21. The lowest BCUT2D eigenvalue weighted by molar-refractivity contribution is 0.0697. The fourth-order valence-electron chi connectivity index (χ4n) is 2.09. The number of carboxylic acid groups (broad SMARTS) is 1. The molecule has 0 radical (unpaired) electrons. The predicted octanol–water partition coefficient (Wildman–Crippen LogP) is 3.33. The second-order valence-electron chi connectivity index (χ2n) is 4.56. The van der Waals surface area contributed by atoms with Crippen molar-refractivity contribution >= 4 is 32.9 Å². The molecule has 0 bridgehead atoms. The summed E-state index contributed by atoms with van der Waals surface area (Å²) in [6, 6.07) is 7.48. The molecule has 106 valence electrons. The Labute approximate surface area is 127 Å². The minimum Gasteiger partial charge on any atom is -0.478 e. The number of benzene rings is 2. The highest BCUT2D eigenvalue weighted by atomic mass is 79.9. The van der Waals surface area contributed by atoms with Crippen LogP contribution in [0, 0.1) is 12.7 Å². The first kappa shape index (κ1) is 13.7. The van der Waals surface area contributed by atoms with Crippen LogP contribution in [0.4, 0.5) is 4.39 Å². The number of halogens is 2. The van der Waals surface area contributed by atoms with Gasteiger partial charge in [-0.15, -0.1) is 5.10 Å². The maximum atomic E-state index is 13.8. The molecule has 0 aliphatic rings. The number of nitrogens with zero attached hydrogens (tertiary/aromatic N) is 3. The number of aromatic carboxylic acids is 1. The first-order valence-corrected chi connectivity index (χ1v) is 6.81. The van der Waals surface area contributed by atoms with Crippen LogP contribution in [0.15, 0.2) is 34.8 Å². The van der Waals surface area contributed by atoms with E-state index in [0.717, 1.165) is 5.56 Å². The summed E-state index contributed by atoms with van der Waals surface area (Å²) >= 11 is 3.13. The fourth-order valence-corrected chi connectivity index (χ4v) is 2.55. The lowest BCUT2D eigenvalue weighted by Crippen LogP contribution is -2.02. The van der Waals surface area contributed by atoms with Crippen LogP contribution >= 0.6 is 15.9 Å². The van der Waals surface area contributed by atoms with Gasteiger partial charge in [-0.2, -0.15) is 0 Å². The standard InChI is InChI=1S/C14H9BrFN3O2/c1-7-4-9(15)10(16)6-12(7)19-13-5-8(14(20)21)2-3-11(13)17-18-19/h2-6H,1H3,(H,20,21). The minimum absolute atomic E-state index is 0.126. The Balaban J connectivity index is 2.27. The van der Waals surface area contributed by atoms with Crippen LogP contribution in [0.1, 0.15) is 15.9 Å². The normalized spacial score (nSPS) is 11.0. The van der Waals surface area contributed by atoms with Crippen molar-refractivity contribution in [2.45, 2.75) is 6.92 Å². The minimum atomic E-state index is -1.04. The third kappa shape index (κ3) is 2.29. The zero-order valence-electron chi connectivity index (χ0n) is 10.8. The molecule has 0 amide bonds. The molecular weight excluding hydrogens is 341 g/mol. The molecule has 0 aliphatic heterocycles. The molecule has 0 fully saturated rings. The van der Waals surface area contributed by atoms with Gasteiger partial charge in [0.1, 0.15) is 11.3 Å². The molecule has 0 saturated heterocycles. The van der Waals surface area contributed by atoms with Gasteiger partial charge in [0.15, 0.2) is 0 Å². The van der Waals surface area contributed by atoms with E-state index < -0.39 is 11.8 Å². The molecular formula is C14H9BrFN3O2. The summed E-state index contributed by atoms with van der Waals surface area (Å²) in [7, 11) is 0. The van der Waals surface area contributed by atoms with E-state index in [1.807, 2.05) is 6.92 Å². The monoisotopic (exact) mass is 349 g/mol. The van der Waals surface area contributed by atoms with Crippen molar-refractivity contribution in [3.8, 4) is 5.69 Å². The predicted molar refractivity (Wildman–Crippen MR) is 78.2 cm³/mol. The van der Waals surface area contributed by atoms with Crippen molar-refractivity contribution in [3.05, 3.63) is 51.7 Å². The van der Waals surface area contributed by atoms with E-state index in [2.05, 4.69) is 26.2 Å². The van der Waals surface area contributed by atoms with Gasteiger partial charge in [-0.25, -0.2) is 13.9 Å². The van der Waals surface area contributed by atoms with Crippen LogP contribution in [0.2, 0.25) is 0 Å². The smallest absolute Gasteiger partial charge is 0.335 e. The Kier molecular flexibility index (Phi) is 3.21. The van der Waals surface area contributed by atoms with Crippen molar-refractivity contribution in [1.29, 1.82) is 0 Å². The lowest BCUT2D eigenvalue weighted by Gasteiger charge is -2.08. The third-order valence-corrected chi connectivity index (χ3v) is 3.77. The Morgan fingerprint density at radius 2 is 2.10 bits per heavy atom. The van der Waals surface area contributed by atoms with E-state index in [4.69, 9.17) is 5.11 Å². The van der Waals surface area contributed by atoms with Gasteiger partial charge in [-0.05, 0) is 52.7 Å². The van der Waals surface area contributed by atoms with Gasteiger partial charge in [-0.3, -0.25) is 0 Å². The van der Waals surface area contributed by atoms with E-state index in [-0.39, 0.29) is 5.56 Å². The molecule has 0 aliphatic carbocycles. The Bertz CT molecular complexity index is 876. The van der Waals surface area contributed by atoms with Gasteiger partial charge in [-0.1, -0.05) is 5.21 Å². The Morgan fingerprint density at radius 1 is 1.33 bits per heavy atom. The van der Waals surface area contributed by atoms with E-state index in [1.54, 1.807) is 12.1 Å². The maximum Gasteiger partial charge on any atom is 0.335 e. The van der Waals surface area contributed by atoms with Crippen LogP contribution in [0.3, 0.4) is 0 Å². The van der Waals surface area contributed by atoms with Gasteiger partial charge in [0.25, 0.3) is 0 Å². The van der Waals surface area contributed by atoms with Crippen molar-refractivity contribution in [1.82, 2.24) is 15.0 Å². The molecule has 3 rings (SSSR count). The summed E-state index contributed by atoms with van der Waals surface area (Å²) in [4.78, 5) is 11.1. The van der Waals surface area contributed by atoms with Gasteiger partial charge in [0.2, 0.25) is 0 Å². The number of carbonyl (C=O) groups is 1. The van der Waals surface area contributed by atoms with Gasteiger partial charge in [0.05, 0.1) is 21.2 Å². The number of aryl methyl sites for hydroxylation is 1. The number of carboxylic acids is 1. The number of rotatable bonds is 2. The highest BCUT2D eigenvalue weighted by molar-refractivity contribution is 9.10. The summed E-state index contributed by atoms with van der Waals surface area (Å²) in [5, 5.41) is 17.0. The van der Waals surface area contributed by atoms with Crippen LogP contribution < -0.4 is 0 Å². The summed E-state index contributed by atoms with van der Waals surface area (Å²) in [6.07, 6.45) is 0. The molecule has 0 spiro atoms. The first-order valence-electron chi connectivity index (χ1n) is 6.02. The third-order valence-electron chi connectivity index (χ3n) is 3.16. The first-order chi connectivity index (χ1) is 9.97. The van der Waals surface area contributed by atoms with Crippen LogP contribution in [-0.4, -0.2) is 26.1 Å². The highest BCUT2D eigenvalue weighted by Gasteiger charge is 2.14. The molecule has 0 atom stereocenters. The zero-order chi connectivity index (χ0) is 15.1. The number of aromatic nitrogens is 3. The molecule has 1 heterocycles. The summed E-state index contributed by atoms with van der Waals surface area (Å²) in [5.74, 6) is -1.46. The van der Waals surface area contributed by atoms with Crippen molar-refractivity contribution < 1.29 is 14.3 Å². The molecule has 1 aromatic heterocycles. The fraction of sp³-hybridized carbons (Fsp3) is 0.0714. The summed E-state index contributed by atoms with van der Waals surface area (Å²) in [5.41, 5.74) is 2.49. The number of hydrogen-bond donors (Lipinski definition) is 1. The Morgan fingerprint density at radius 3 is 2.81 bits per heavy atom. The van der Waals surface area contributed by atoms with E-state index in [9.17, 15) is 9.18 Å². The van der Waals surface area contributed by atoms with E-state index in [1.165, 1.54) is 22.9 Å². The Hall–Kier alpha value is -2.28. The number of fused-ring (bicyclic) bond motifs is 1. The van der Waals surface area contributed by atoms with Crippen molar-refractivity contribution in [3.63, 3.8) is 0 Å². The maximum absolute atomic E-state index is 13.8. The highest BCUT2D eigenvalue weighted by Crippen LogP contribution is 2.25. The van der Waals surface area contributed by atoms with Crippen molar-refractivity contribution in [2.75, 3.05) is 0 Å². The summed E-state index contributed by atoms with van der Waals surface area (Å²) < 4.78 is 15.6. The average molecular weight is 350 g/mol. The van der Waals surface area contributed by atoms with Gasteiger partial charge in [0, 0.05) is 6.07 Å². The molecule has 5 nitrogen and oxygen atoms in total. The van der Waals surface area contributed by atoms with Gasteiger partial charge < -0.3 is 5.11 Å². The van der Waals surface area contributed by atoms with E-state index in [0.29, 0.717) is 21.2 Å². The molecule has 2 aromatic carbocycles. The zero-order valence-corrected chi connectivity index (χ0v) is 12.4. The van der Waals surface area contributed by atoms with Gasteiger partial charge >= 0.3 is 5.97 Å². The molecule has 21 heavy (non-hydrogen) atoms. The summed E-state index contributed by atoms with van der Waals surface area (Å²) in [6.45, 7) is 1.81. The largest absolute Gasteiger partial charge is 0.478 e. The van der Waals surface area contributed by atoms with E-state index >= 15 is 0 Å².